The Bertz CT molecular complexity index is 636. The van der Waals surface area contributed by atoms with E-state index in [2.05, 4.69) is 12.2 Å². The third-order valence-electron chi connectivity index (χ3n) is 5.63. The zero-order valence-electron chi connectivity index (χ0n) is 15.4. The van der Waals surface area contributed by atoms with Crippen molar-refractivity contribution in [2.45, 2.75) is 32.6 Å². The van der Waals surface area contributed by atoms with Gasteiger partial charge in [-0.25, -0.2) is 4.39 Å². The van der Waals surface area contributed by atoms with E-state index >= 15 is 0 Å². The molecule has 1 aliphatic carbocycles. The maximum absolute atomic E-state index is 13.9. The van der Waals surface area contributed by atoms with E-state index in [9.17, 15) is 14.0 Å². The van der Waals surface area contributed by atoms with E-state index in [0.717, 1.165) is 25.7 Å². The molecule has 1 saturated carbocycles. The first-order chi connectivity index (χ1) is 12.5. The van der Waals surface area contributed by atoms with Crippen LogP contribution < -0.4 is 10.2 Å². The molecule has 0 spiro atoms. The molecule has 2 fully saturated rings. The number of piperazine rings is 1. The Morgan fingerprint density at radius 1 is 1.08 bits per heavy atom. The summed E-state index contributed by atoms with van der Waals surface area (Å²) in [4.78, 5) is 28.3. The Kier molecular flexibility index (Phi) is 6.12. The van der Waals surface area contributed by atoms with Crippen LogP contribution in [0.3, 0.4) is 0 Å². The molecule has 2 aliphatic rings. The van der Waals surface area contributed by atoms with Gasteiger partial charge in [0.1, 0.15) is 5.82 Å². The number of nitrogens with zero attached hydrogens (tertiary/aromatic N) is 2. The highest BCUT2D eigenvalue weighted by atomic mass is 19.1. The normalized spacial score (nSPS) is 23.6. The summed E-state index contributed by atoms with van der Waals surface area (Å²) in [5, 5.41) is 2.81. The smallest absolute Gasteiger partial charge is 0.242 e. The van der Waals surface area contributed by atoms with Gasteiger partial charge < -0.3 is 15.1 Å². The highest BCUT2D eigenvalue weighted by molar-refractivity contribution is 5.86. The summed E-state index contributed by atoms with van der Waals surface area (Å²) < 4.78 is 13.9. The van der Waals surface area contributed by atoms with Gasteiger partial charge in [-0.2, -0.15) is 0 Å². The predicted octanol–water partition coefficient (Wildman–Crippen LogP) is 2.42. The largest absolute Gasteiger partial charge is 0.366 e. The van der Waals surface area contributed by atoms with Crippen LogP contribution in [0, 0.1) is 17.7 Å². The van der Waals surface area contributed by atoms with Crippen molar-refractivity contribution in [1.82, 2.24) is 10.2 Å². The summed E-state index contributed by atoms with van der Waals surface area (Å²) in [6.45, 7) is 4.57. The molecule has 6 heteroatoms. The molecule has 1 aromatic carbocycles. The van der Waals surface area contributed by atoms with Crippen LogP contribution in [0.15, 0.2) is 24.3 Å². The van der Waals surface area contributed by atoms with E-state index in [-0.39, 0.29) is 30.1 Å². The summed E-state index contributed by atoms with van der Waals surface area (Å²) in [7, 11) is 0. The number of nitrogens with one attached hydrogen (secondary N) is 1. The van der Waals surface area contributed by atoms with Gasteiger partial charge in [-0.15, -0.1) is 0 Å². The lowest BCUT2D eigenvalue weighted by molar-refractivity contribution is -0.134. The number of benzene rings is 1. The molecule has 1 N–H and O–H groups in total. The van der Waals surface area contributed by atoms with Crippen LogP contribution in [0.2, 0.25) is 0 Å². The van der Waals surface area contributed by atoms with Crippen molar-refractivity contribution in [2.24, 2.45) is 11.8 Å². The van der Waals surface area contributed by atoms with Gasteiger partial charge in [-0.1, -0.05) is 19.1 Å². The lowest BCUT2D eigenvalue weighted by atomic mass is 9.82. The van der Waals surface area contributed by atoms with Gasteiger partial charge in [-0.3, -0.25) is 9.59 Å². The number of amides is 2. The second-order valence-corrected chi connectivity index (χ2v) is 7.49. The monoisotopic (exact) mass is 361 g/mol. The standard InChI is InChI=1S/C20H28FN3O2/c1-15-6-8-16(9-7-15)20(26)22-14-19(25)24-12-10-23(11-13-24)18-5-3-2-4-17(18)21/h2-5,15-16H,6-14H2,1H3,(H,22,26). The minimum atomic E-state index is -0.235. The molecule has 1 aliphatic heterocycles. The first-order valence-corrected chi connectivity index (χ1v) is 9.59. The number of hydrogen-bond donors (Lipinski definition) is 1. The number of para-hydroxylation sites is 1. The molecular formula is C20H28FN3O2. The van der Waals surface area contributed by atoms with Crippen LogP contribution >= 0.6 is 0 Å². The number of carbonyl (C=O) groups is 2. The van der Waals surface area contributed by atoms with E-state index in [1.54, 1.807) is 17.0 Å². The molecule has 0 unspecified atom stereocenters. The highest BCUT2D eigenvalue weighted by Gasteiger charge is 2.26. The number of halogens is 1. The van der Waals surface area contributed by atoms with Gasteiger partial charge in [0.05, 0.1) is 12.2 Å². The molecule has 0 bridgehead atoms. The van der Waals surface area contributed by atoms with Crippen LogP contribution in [0.25, 0.3) is 0 Å². The van der Waals surface area contributed by atoms with E-state index < -0.39 is 0 Å². The molecule has 142 valence electrons. The van der Waals surface area contributed by atoms with Gasteiger partial charge in [-0.05, 0) is 43.7 Å². The van der Waals surface area contributed by atoms with Crippen molar-refractivity contribution in [3.63, 3.8) is 0 Å². The highest BCUT2D eigenvalue weighted by Crippen LogP contribution is 2.28. The third kappa shape index (κ3) is 4.54. The fourth-order valence-electron chi connectivity index (χ4n) is 3.85. The van der Waals surface area contributed by atoms with Crippen molar-refractivity contribution >= 4 is 17.5 Å². The zero-order valence-corrected chi connectivity index (χ0v) is 15.4. The molecule has 0 aromatic heterocycles. The van der Waals surface area contributed by atoms with E-state index in [0.29, 0.717) is 37.8 Å². The van der Waals surface area contributed by atoms with Gasteiger partial charge in [0.15, 0.2) is 0 Å². The van der Waals surface area contributed by atoms with Crippen molar-refractivity contribution in [2.75, 3.05) is 37.6 Å². The van der Waals surface area contributed by atoms with E-state index in [4.69, 9.17) is 0 Å². The van der Waals surface area contributed by atoms with Crippen molar-refractivity contribution in [1.29, 1.82) is 0 Å². The molecule has 1 heterocycles. The Labute approximate surface area is 154 Å². The Hall–Kier alpha value is -2.11. The van der Waals surface area contributed by atoms with Crippen molar-refractivity contribution in [3.05, 3.63) is 30.1 Å². The topological polar surface area (TPSA) is 52.7 Å². The molecule has 2 amide bonds. The lowest BCUT2D eigenvalue weighted by Crippen LogP contribution is -2.51. The Balaban J connectivity index is 1.42. The second kappa shape index (κ2) is 8.52. The molecule has 3 rings (SSSR count). The van der Waals surface area contributed by atoms with Crippen LogP contribution in [0.5, 0.6) is 0 Å². The van der Waals surface area contributed by atoms with Crippen LogP contribution in [-0.4, -0.2) is 49.4 Å². The summed E-state index contributed by atoms with van der Waals surface area (Å²) in [6.07, 6.45) is 4.01. The van der Waals surface area contributed by atoms with Gasteiger partial charge in [0.2, 0.25) is 11.8 Å². The molecule has 26 heavy (non-hydrogen) atoms. The average molecular weight is 361 g/mol. The molecule has 1 aromatic rings. The minimum absolute atomic E-state index is 0.00948. The SMILES string of the molecule is CC1CCC(C(=O)NCC(=O)N2CCN(c3ccccc3F)CC2)CC1. The number of carbonyl (C=O) groups excluding carboxylic acids is 2. The quantitative estimate of drug-likeness (QED) is 0.896. The minimum Gasteiger partial charge on any atom is -0.366 e. The van der Waals surface area contributed by atoms with Gasteiger partial charge >= 0.3 is 0 Å². The Morgan fingerprint density at radius 3 is 2.38 bits per heavy atom. The van der Waals surface area contributed by atoms with Crippen molar-refractivity contribution < 1.29 is 14.0 Å². The number of hydrogen-bond acceptors (Lipinski definition) is 3. The zero-order chi connectivity index (χ0) is 18.5. The van der Waals surface area contributed by atoms with Crippen molar-refractivity contribution in [3.8, 4) is 0 Å². The first kappa shape index (κ1) is 18.7. The number of rotatable bonds is 4. The number of anilines is 1. The lowest BCUT2D eigenvalue weighted by Gasteiger charge is -2.36. The maximum Gasteiger partial charge on any atom is 0.242 e. The molecule has 1 saturated heterocycles. The molecular weight excluding hydrogens is 333 g/mol. The fraction of sp³-hybridized carbons (Fsp3) is 0.600. The van der Waals surface area contributed by atoms with E-state index in [1.807, 2.05) is 11.0 Å². The van der Waals surface area contributed by atoms with Gasteiger partial charge in [0, 0.05) is 32.1 Å². The second-order valence-electron chi connectivity index (χ2n) is 7.49. The summed E-state index contributed by atoms with van der Waals surface area (Å²) >= 11 is 0. The van der Waals surface area contributed by atoms with Crippen LogP contribution in [0.4, 0.5) is 10.1 Å². The fourth-order valence-corrected chi connectivity index (χ4v) is 3.85. The third-order valence-corrected chi connectivity index (χ3v) is 5.63. The van der Waals surface area contributed by atoms with Crippen LogP contribution in [-0.2, 0) is 9.59 Å². The summed E-state index contributed by atoms with van der Waals surface area (Å²) in [6, 6.07) is 6.71. The first-order valence-electron chi connectivity index (χ1n) is 9.59. The maximum atomic E-state index is 13.9. The Morgan fingerprint density at radius 2 is 1.73 bits per heavy atom. The van der Waals surface area contributed by atoms with Gasteiger partial charge in [0.25, 0.3) is 0 Å². The average Bonchev–Trinajstić information content (AvgIpc) is 2.67. The molecule has 0 radical (unpaired) electrons. The predicted molar refractivity (Wildman–Crippen MR) is 99.3 cm³/mol. The van der Waals surface area contributed by atoms with Crippen LogP contribution in [0.1, 0.15) is 32.6 Å². The molecule has 0 atom stereocenters. The summed E-state index contributed by atoms with van der Waals surface area (Å²) in [5.41, 5.74) is 0.583. The summed E-state index contributed by atoms with van der Waals surface area (Å²) in [5.74, 6) is 0.468. The van der Waals surface area contributed by atoms with E-state index in [1.165, 1.54) is 6.07 Å². The molecule has 5 nitrogen and oxygen atoms in total.